The van der Waals surface area contributed by atoms with Gasteiger partial charge in [0.1, 0.15) is 5.75 Å². The van der Waals surface area contributed by atoms with Gasteiger partial charge in [0.25, 0.3) is 5.91 Å². The summed E-state index contributed by atoms with van der Waals surface area (Å²) in [5.74, 6) is -0.694. The number of anilines is 1. The van der Waals surface area contributed by atoms with Gasteiger partial charge in [-0.05, 0) is 41.3 Å². The molecule has 0 bridgehead atoms. The first-order valence-corrected chi connectivity index (χ1v) is 13.1. The molecular formula is C24H32N4O8S. The van der Waals surface area contributed by atoms with Crippen LogP contribution in [0.2, 0.25) is 0 Å². The van der Waals surface area contributed by atoms with E-state index in [1.54, 1.807) is 42.5 Å². The van der Waals surface area contributed by atoms with Crippen molar-refractivity contribution in [1.29, 1.82) is 0 Å². The van der Waals surface area contributed by atoms with E-state index in [4.69, 9.17) is 18.9 Å². The second kappa shape index (κ2) is 13.9. The summed E-state index contributed by atoms with van der Waals surface area (Å²) in [5.41, 5.74) is 5.80. The number of quaternary nitrogens is 1. The predicted molar refractivity (Wildman–Crippen MR) is 135 cm³/mol. The summed E-state index contributed by atoms with van der Waals surface area (Å²) in [6.45, 7) is 3.58. The molecule has 2 aromatic rings. The third-order valence-electron chi connectivity index (χ3n) is 5.27. The molecule has 0 saturated heterocycles. The summed E-state index contributed by atoms with van der Waals surface area (Å²) in [5, 5.41) is 14.4. The zero-order valence-electron chi connectivity index (χ0n) is 20.7. The van der Waals surface area contributed by atoms with E-state index in [0.717, 1.165) is 16.4 Å². The molecule has 1 amide bonds. The van der Waals surface area contributed by atoms with Crippen LogP contribution in [-0.2, 0) is 24.4 Å². The minimum atomic E-state index is -4.11. The van der Waals surface area contributed by atoms with Gasteiger partial charge in [-0.15, -0.1) is 0 Å². The molecule has 37 heavy (non-hydrogen) atoms. The van der Waals surface area contributed by atoms with Crippen molar-refractivity contribution in [3.05, 3.63) is 48.0 Å². The maximum atomic E-state index is 12.4. The van der Waals surface area contributed by atoms with Crippen LogP contribution in [0.15, 0.2) is 46.9 Å². The lowest BCUT2D eigenvalue weighted by Crippen LogP contribution is -2.52. The van der Waals surface area contributed by atoms with Crippen molar-refractivity contribution in [3.8, 4) is 16.9 Å². The van der Waals surface area contributed by atoms with Gasteiger partial charge in [0.2, 0.25) is 0 Å². The van der Waals surface area contributed by atoms with Crippen LogP contribution in [0.25, 0.3) is 11.1 Å². The molecule has 0 radical (unpaired) electrons. The summed E-state index contributed by atoms with van der Waals surface area (Å²) in [6, 6.07) is 11.8. The Kier molecular flexibility index (Phi) is 10.7. The number of hydrogen-bond acceptors (Lipinski definition) is 8. The molecule has 13 heteroatoms. The molecule has 12 nitrogen and oxygen atoms in total. The molecule has 0 aromatic heterocycles. The number of hydrogen-bond donors (Lipinski definition) is 2. The minimum Gasteiger partial charge on any atom is -0.860 e. The van der Waals surface area contributed by atoms with Gasteiger partial charge < -0.3 is 35.1 Å². The highest BCUT2D eigenvalue weighted by Crippen LogP contribution is 2.36. The number of carbonyl (C=O) groups excluding carboxylic acids is 1. The van der Waals surface area contributed by atoms with Crippen LogP contribution < -0.4 is 25.2 Å². The first-order valence-electron chi connectivity index (χ1n) is 11.7. The van der Waals surface area contributed by atoms with Crippen LogP contribution in [0, 0.1) is 0 Å². The summed E-state index contributed by atoms with van der Waals surface area (Å²) < 4.78 is 49.9. The fraction of sp³-hybridized carbons (Fsp3) is 0.417. The van der Waals surface area contributed by atoms with Gasteiger partial charge in [-0.25, -0.2) is 4.31 Å². The Morgan fingerprint density at radius 3 is 2.22 bits per heavy atom. The second-order valence-electron chi connectivity index (χ2n) is 7.88. The Morgan fingerprint density at radius 1 is 1.00 bits per heavy atom. The van der Waals surface area contributed by atoms with E-state index in [0.29, 0.717) is 63.1 Å². The molecule has 1 aliphatic heterocycles. The van der Waals surface area contributed by atoms with E-state index >= 15 is 0 Å². The fourth-order valence-corrected chi connectivity index (χ4v) is 4.56. The third kappa shape index (κ3) is 8.13. The summed E-state index contributed by atoms with van der Waals surface area (Å²) in [7, 11) is -2.70. The number of amides is 1. The summed E-state index contributed by atoms with van der Waals surface area (Å²) in [4.78, 5) is 12.4. The highest BCUT2D eigenvalue weighted by atomic mass is 32.2. The van der Waals surface area contributed by atoms with Crippen LogP contribution in [0.3, 0.4) is 0 Å². The summed E-state index contributed by atoms with van der Waals surface area (Å²) in [6.07, 6.45) is 0. The van der Waals surface area contributed by atoms with Crippen molar-refractivity contribution in [2.45, 2.75) is 0 Å². The Balaban J connectivity index is 1.49. The lowest BCUT2D eigenvalue weighted by atomic mass is 10.0. The van der Waals surface area contributed by atoms with Gasteiger partial charge in [0.05, 0.1) is 65.5 Å². The SMILES string of the molecule is COc1ccc(-c2ccc(C(=O)NCCOCCOCCOCC[NH3+])cc2)cc1N1CC([O-])=NS1(=O)=O. The number of carbonyl (C=O) groups is 1. The van der Waals surface area contributed by atoms with E-state index in [-0.39, 0.29) is 18.1 Å². The zero-order valence-corrected chi connectivity index (χ0v) is 21.5. The van der Waals surface area contributed by atoms with Gasteiger partial charge in [-0.3, -0.25) is 4.79 Å². The largest absolute Gasteiger partial charge is 0.860 e. The van der Waals surface area contributed by atoms with Gasteiger partial charge in [0, 0.05) is 12.1 Å². The molecule has 0 aliphatic carbocycles. The monoisotopic (exact) mass is 536 g/mol. The zero-order chi connectivity index (χ0) is 26.7. The highest BCUT2D eigenvalue weighted by Gasteiger charge is 2.29. The van der Waals surface area contributed by atoms with Crippen LogP contribution in [0.1, 0.15) is 10.4 Å². The van der Waals surface area contributed by atoms with Gasteiger partial charge in [-0.2, -0.15) is 12.8 Å². The molecule has 0 saturated carbocycles. The summed E-state index contributed by atoms with van der Waals surface area (Å²) >= 11 is 0. The van der Waals surface area contributed by atoms with Crippen LogP contribution in [-0.4, -0.2) is 86.6 Å². The first-order chi connectivity index (χ1) is 17.9. The quantitative estimate of drug-likeness (QED) is 0.279. The fourth-order valence-electron chi connectivity index (χ4n) is 3.48. The lowest BCUT2D eigenvalue weighted by Gasteiger charge is -2.20. The molecule has 0 fully saturated rings. The normalized spacial score (nSPS) is 14.4. The molecule has 2 aromatic carbocycles. The van der Waals surface area contributed by atoms with E-state index in [9.17, 15) is 18.3 Å². The number of nitrogens with zero attached hydrogens (tertiary/aromatic N) is 2. The van der Waals surface area contributed by atoms with Crippen molar-refractivity contribution >= 4 is 27.7 Å². The Hall–Kier alpha value is -3.23. The van der Waals surface area contributed by atoms with Crippen LogP contribution in [0.5, 0.6) is 5.75 Å². The first kappa shape index (κ1) is 28.3. The molecule has 1 aliphatic rings. The Labute approximate surface area is 216 Å². The second-order valence-corrected chi connectivity index (χ2v) is 9.40. The standard InChI is InChI=1S/C24H32N4O8S/c1-33-22-7-6-20(16-21(22)28-17-23(29)27-37(28,31)32)18-2-4-19(5-3-18)24(30)26-9-11-35-13-15-36-14-12-34-10-8-25/h2-7,16H,8-15,17,25H2,1H3,(H,26,30)(H,27,29). The highest BCUT2D eigenvalue weighted by molar-refractivity contribution is 7.92. The maximum Gasteiger partial charge on any atom is 0.344 e. The maximum absolute atomic E-state index is 12.4. The van der Waals surface area contributed by atoms with Crippen molar-refractivity contribution in [2.75, 3.05) is 70.7 Å². The van der Waals surface area contributed by atoms with E-state index < -0.39 is 16.1 Å². The van der Waals surface area contributed by atoms with Gasteiger partial charge >= 0.3 is 10.2 Å². The van der Waals surface area contributed by atoms with E-state index in [2.05, 4.69) is 15.4 Å². The average Bonchev–Trinajstić information content (AvgIpc) is 3.18. The lowest BCUT2D eigenvalue weighted by molar-refractivity contribution is -0.374. The average molecular weight is 537 g/mol. The van der Waals surface area contributed by atoms with Gasteiger partial charge in [0.15, 0.2) is 0 Å². The molecule has 1 heterocycles. The Morgan fingerprint density at radius 2 is 1.62 bits per heavy atom. The van der Waals surface area contributed by atoms with Crippen LogP contribution in [0.4, 0.5) is 5.69 Å². The molecule has 0 spiro atoms. The molecule has 0 unspecified atom stereocenters. The van der Waals surface area contributed by atoms with Crippen molar-refractivity contribution in [2.24, 2.45) is 4.40 Å². The number of nitrogens with one attached hydrogen (secondary N) is 1. The topological polar surface area (TPSA) is 166 Å². The minimum absolute atomic E-state index is 0.212. The van der Waals surface area contributed by atoms with Crippen LogP contribution >= 0.6 is 0 Å². The number of rotatable bonds is 15. The number of methoxy groups -OCH3 is 1. The smallest absolute Gasteiger partial charge is 0.344 e. The number of benzene rings is 2. The molecular weight excluding hydrogens is 504 g/mol. The van der Waals surface area contributed by atoms with Crippen molar-refractivity contribution < 1.29 is 43.0 Å². The van der Waals surface area contributed by atoms with E-state index in [1.807, 2.05) is 0 Å². The predicted octanol–water partition coefficient (Wildman–Crippen LogP) is -0.793. The van der Waals surface area contributed by atoms with Gasteiger partial charge in [-0.1, -0.05) is 18.2 Å². The van der Waals surface area contributed by atoms with Crippen molar-refractivity contribution in [3.63, 3.8) is 0 Å². The number of ether oxygens (including phenoxy) is 4. The van der Waals surface area contributed by atoms with E-state index in [1.165, 1.54) is 7.11 Å². The molecule has 202 valence electrons. The third-order valence-corrected chi connectivity index (χ3v) is 6.58. The molecule has 0 atom stereocenters. The Bertz CT molecular complexity index is 1170. The molecule has 3 rings (SSSR count). The molecule has 4 N–H and O–H groups in total. The van der Waals surface area contributed by atoms with Crippen molar-refractivity contribution in [1.82, 2.24) is 5.32 Å².